The summed E-state index contributed by atoms with van der Waals surface area (Å²) in [5, 5.41) is 17.6. The van der Waals surface area contributed by atoms with Gasteiger partial charge in [-0.2, -0.15) is 0 Å². The Morgan fingerprint density at radius 3 is 2.64 bits per heavy atom. The van der Waals surface area contributed by atoms with E-state index in [0.717, 1.165) is 0 Å². The third kappa shape index (κ3) is 2.55. The van der Waals surface area contributed by atoms with E-state index >= 15 is 0 Å². The molecule has 0 fully saturated rings. The maximum absolute atomic E-state index is 11.3. The Hall–Kier alpha value is -1.91. The molecular formula is C9H9NO4. The molecule has 0 aliphatic heterocycles. The number of pyridine rings is 1. The number of aromatic hydroxyl groups is 1. The molecule has 1 aromatic rings. The average molecular weight is 195 g/mol. The second-order valence-electron chi connectivity index (χ2n) is 2.69. The molecule has 1 heterocycles. The summed E-state index contributed by atoms with van der Waals surface area (Å²) in [5.74, 6) is -1.73. The van der Waals surface area contributed by atoms with Gasteiger partial charge in [-0.15, -0.1) is 0 Å². The molecule has 5 heteroatoms. The Balaban J connectivity index is 2.70. The number of rotatable bonds is 4. The number of carbonyl (C=O) groups is 2. The lowest BCUT2D eigenvalue weighted by atomic mass is 10.1. The number of aliphatic carboxylic acids is 1. The van der Waals surface area contributed by atoms with Crippen LogP contribution < -0.4 is 0 Å². The zero-order chi connectivity index (χ0) is 10.6. The molecule has 0 aliphatic rings. The van der Waals surface area contributed by atoms with Crippen molar-refractivity contribution in [1.82, 2.24) is 4.98 Å². The number of aromatic nitrogens is 1. The number of ketones is 1. The van der Waals surface area contributed by atoms with Gasteiger partial charge in [-0.1, -0.05) is 0 Å². The summed E-state index contributed by atoms with van der Waals surface area (Å²) in [4.78, 5) is 25.1. The fourth-order valence-electron chi connectivity index (χ4n) is 0.951. The van der Waals surface area contributed by atoms with Crippen LogP contribution in [0.3, 0.4) is 0 Å². The summed E-state index contributed by atoms with van der Waals surface area (Å²) in [7, 11) is 0. The number of hydrogen-bond acceptors (Lipinski definition) is 4. The van der Waals surface area contributed by atoms with Gasteiger partial charge in [-0.25, -0.2) is 4.98 Å². The first-order valence-electron chi connectivity index (χ1n) is 4.00. The number of Topliss-reactive ketones (excluding diaryl/α,β-unsaturated/α-hetero) is 1. The minimum Gasteiger partial charge on any atom is -0.506 e. The van der Waals surface area contributed by atoms with Crippen LogP contribution in [-0.2, 0) is 4.79 Å². The van der Waals surface area contributed by atoms with E-state index in [0.29, 0.717) is 0 Å². The van der Waals surface area contributed by atoms with Crippen molar-refractivity contribution in [3.63, 3.8) is 0 Å². The molecule has 0 radical (unpaired) electrons. The number of nitrogens with zero attached hydrogens (tertiary/aromatic N) is 1. The molecule has 0 saturated heterocycles. The highest BCUT2D eigenvalue weighted by molar-refractivity contribution is 5.97. The first kappa shape index (κ1) is 10.2. The molecule has 1 rings (SSSR count). The quantitative estimate of drug-likeness (QED) is 0.695. The van der Waals surface area contributed by atoms with Crippen LogP contribution in [0.1, 0.15) is 23.3 Å². The smallest absolute Gasteiger partial charge is 0.303 e. The van der Waals surface area contributed by atoms with E-state index in [1.54, 1.807) is 0 Å². The van der Waals surface area contributed by atoms with Gasteiger partial charge < -0.3 is 10.2 Å². The van der Waals surface area contributed by atoms with Crippen molar-refractivity contribution in [1.29, 1.82) is 0 Å². The molecule has 0 bridgehead atoms. The lowest BCUT2D eigenvalue weighted by molar-refractivity contribution is -0.136. The molecule has 0 unspecified atom stereocenters. The molecule has 2 N–H and O–H groups in total. The molecule has 0 spiro atoms. The average Bonchev–Trinajstić information content (AvgIpc) is 2.15. The minimum atomic E-state index is -1.05. The van der Waals surface area contributed by atoms with Gasteiger partial charge in [-0.05, 0) is 12.1 Å². The van der Waals surface area contributed by atoms with Crippen LogP contribution in [0.5, 0.6) is 5.75 Å². The molecule has 1 aromatic heterocycles. The fourth-order valence-corrected chi connectivity index (χ4v) is 0.951. The summed E-state index contributed by atoms with van der Waals surface area (Å²) < 4.78 is 0. The van der Waals surface area contributed by atoms with Crippen molar-refractivity contribution in [2.24, 2.45) is 0 Å². The monoisotopic (exact) mass is 195 g/mol. The van der Waals surface area contributed by atoms with Crippen LogP contribution in [0.2, 0.25) is 0 Å². The Kier molecular flexibility index (Phi) is 3.17. The molecule has 0 aliphatic carbocycles. The van der Waals surface area contributed by atoms with E-state index in [4.69, 9.17) is 5.11 Å². The van der Waals surface area contributed by atoms with Gasteiger partial charge in [0.1, 0.15) is 11.4 Å². The lowest BCUT2D eigenvalue weighted by Gasteiger charge is -1.99. The minimum absolute atomic E-state index is 0.0752. The van der Waals surface area contributed by atoms with E-state index in [1.807, 2.05) is 0 Å². The number of hydrogen-bond donors (Lipinski definition) is 2. The van der Waals surface area contributed by atoms with E-state index in [2.05, 4.69) is 4.98 Å². The fraction of sp³-hybridized carbons (Fsp3) is 0.222. The molecule has 0 atom stereocenters. The summed E-state index contributed by atoms with van der Waals surface area (Å²) in [6, 6.07) is 2.82. The summed E-state index contributed by atoms with van der Waals surface area (Å²) in [6.45, 7) is 0. The standard InChI is InChI=1S/C9H9NO4/c11-6-2-1-5-10-9(6)7(12)3-4-8(13)14/h1-2,5,11H,3-4H2,(H,13,14). The molecule has 0 saturated carbocycles. The van der Waals surface area contributed by atoms with Gasteiger partial charge >= 0.3 is 5.97 Å². The van der Waals surface area contributed by atoms with Gasteiger partial charge in [0.2, 0.25) is 0 Å². The van der Waals surface area contributed by atoms with Crippen LogP contribution in [0.4, 0.5) is 0 Å². The topological polar surface area (TPSA) is 87.5 Å². The van der Waals surface area contributed by atoms with Gasteiger partial charge in [0.05, 0.1) is 6.42 Å². The molecule has 0 amide bonds. The zero-order valence-corrected chi connectivity index (χ0v) is 7.30. The van der Waals surface area contributed by atoms with Crippen LogP contribution in [0, 0.1) is 0 Å². The molecule has 0 aromatic carbocycles. The molecular weight excluding hydrogens is 186 g/mol. The first-order chi connectivity index (χ1) is 6.61. The Morgan fingerprint density at radius 2 is 2.07 bits per heavy atom. The van der Waals surface area contributed by atoms with Crippen molar-refractivity contribution < 1.29 is 19.8 Å². The second-order valence-corrected chi connectivity index (χ2v) is 2.69. The Bertz CT molecular complexity index is 362. The van der Waals surface area contributed by atoms with Gasteiger partial charge in [0, 0.05) is 12.6 Å². The van der Waals surface area contributed by atoms with Crippen LogP contribution in [0.25, 0.3) is 0 Å². The van der Waals surface area contributed by atoms with Crippen LogP contribution in [-0.4, -0.2) is 26.9 Å². The van der Waals surface area contributed by atoms with Crippen molar-refractivity contribution in [2.45, 2.75) is 12.8 Å². The number of carbonyl (C=O) groups excluding carboxylic acids is 1. The van der Waals surface area contributed by atoms with E-state index in [1.165, 1.54) is 18.3 Å². The SMILES string of the molecule is O=C(O)CCC(=O)c1ncccc1O. The van der Waals surface area contributed by atoms with E-state index < -0.39 is 11.8 Å². The first-order valence-corrected chi connectivity index (χ1v) is 4.00. The highest BCUT2D eigenvalue weighted by atomic mass is 16.4. The van der Waals surface area contributed by atoms with Crippen molar-refractivity contribution in [2.75, 3.05) is 0 Å². The highest BCUT2D eigenvalue weighted by Gasteiger charge is 2.13. The molecule has 5 nitrogen and oxygen atoms in total. The predicted octanol–water partition coefficient (Wildman–Crippen LogP) is 0.835. The largest absolute Gasteiger partial charge is 0.506 e. The van der Waals surface area contributed by atoms with Crippen LogP contribution in [0.15, 0.2) is 18.3 Å². The van der Waals surface area contributed by atoms with Crippen molar-refractivity contribution in [3.05, 3.63) is 24.0 Å². The summed E-state index contributed by atoms with van der Waals surface area (Å²) in [6.07, 6.45) is 0.961. The predicted molar refractivity (Wildman–Crippen MR) is 47.1 cm³/mol. The van der Waals surface area contributed by atoms with Gasteiger partial charge in [0.15, 0.2) is 5.78 Å². The van der Waals surface area contributed by atoms with E-state index in [9.17, 15) is 14.7 Å². The maximum Gasteiger partial charge on any atom is 0.303 e. The third-order valence-electron chi connectivity index (χ3n) is 1.62. The lowest BCUT2D eigenvalue weighted by Crippen LogP contribution is -2.05. The van der Waals surface area contributed by atoms with Crippen LogP contribution >= 0.6 is 0 Å². The number of carboxylic acid groups (broad SMARTS) is 1. The zero-order valence-electron chi connectivity index (χ0n) is 7.30. The molecule has 14 heavy (non-hydrogen) atoms. The summed E-state index contributed by atoms with van der Waals surface area (Å²) >= 11 is 0. The normalized spacial score (nSPS) is 9.71. The Labute approximate surface area is 80.0 Å². The van der Waals surface area contributed by atoms with Crippen molar-refractivity contribution in [3.8, 4) is 5.75 Å². The highest BCUT2D eigenvalue weighted by Crippen LogP contribution is 2.14. The summed E-state index contributed by atoms with van der Waals surface area (Å²) in [5.41, 5.74) is -0.0752. The van der Waals surface area contributed by atoms with Crippen molar-refractivity contribution >= 4 is 11.8 Å². The van der Waals surface area contributed by atoms with E-state index in [-0.39, 0.29) is 24.3 Å². The second kappa shape index (κ2) is 4.36. The Morgan fingerprint density at radius 1 is 1.36 bits per heavy atom. The van der Waals surface area contributed by atoms with Gasteiger partial charge in [0.25, 0.3) is 0 Å². The third-order valence-corrected chi connectivity index (χ3v) is 1.62. The molecule has 74 valence electrons. The number of carboxylic acids is 1. The van der Waals surface area contributed by atoms with Gasteiger partial charge in [-0.3, -0.25) is 9.59 Å². The maximum atomic E-state index is 11.3.